The van der Waals surface area contributed by atoms with E-state index in [2.05, 4.69) is 5.32 Å². The summed E-state index contributed by atoms with van der Waals surface area (Å²) in [6, 6.07) is -0.222. The lowest BCUT2D eigenvalue weighted by molar-refractivity contribution is -0.168. The molecule has 0 aromatic heterocycles. The SMILES string of the molecule is O=C([C@@H]1CCCCN1)N1CC(F)(F)C1. The molecule has 2 saturated heterocycles. The van der Waals surface area contributed by atoms with Crippen molar-refractivity contribution in [1.29, 1.82) is 0 Å². The summed E-state index contributed by atoms with van der Waals surface area (Å²) >= 11 is 0. The lowest BCUT2D eigenvalue weighted by Gasteiger charge is -2.41. The zero-order valence-corrected chi connectivity index (χ0v) is 7.93. The first kappa shape index (κ1) is 9.83. The van der Waals surface area contributed by atoms with Crippen LogP contribution in [0.3, 0.4) is 0 Å². The molecule has 14 heavy (non-hydrogen) atoms. The van der Waals surface area contributed by atoms with Crippen molar-refractivity contribution in [3.8, 4) is 0 Å². The maximum atomic E-state index is 12.5. The summed E-state index contributed by atoms with van der Waals surface area (Å²) in [4.78, 5) is 12.8. The molecule has 0 aliphatic carbocycles. The fourth-order valence-electron chi connectivity index (χ4n) is 1.95. The molecule has 1 atom stereocenters. The molecule has 0 saturated carbocycles. The smallest absolute Gasteiger partial charge is 0.282 e. The van der Waals surface area contributed by atoms with Crippen molar-refractivity contribution in [2.24, 2.45) is 0 Å². The van der Waals surface area contributed by atoms with Crippen LogP contribution in [0.5, 0.6) is 0 Å². The van der Waals surface area contributed by atoms with Gasteiger partial charge in [0, 0.05) is 0 Å². The molecule has 2 rings (SSSR count). The van der Waals surface area contributed by atoms with E-state index in [0.717, 1.165) is 25.8 Å². The number of amides is 1. The number of carbonyl (C=O) groups is 1. The lowest BCUT2D eigenvalue weighted by atomic mass is 10.0. The van der Waals surface area contributed by atoms with Crippen molar-refractivity contribution >= 4 is 5.91 Å². The molecule has 1 N–H and O–H groups in total. The van der Waals surface area contributed by atoms with Gasteiger partial charge in [0.1, 0.15) is 0 Å². The van der Waals surface area contributed by atoms with E-state index in [1.54, 1.807) is 0 Å². The van der Waals surface area contributed by atoms with Crippen LogP contribution in [-0.4, -0.2) is 42.4 Å². The monoisotopic (exact) mass is 204 g/mol. The van der Waals surface area contributed by atoms with Crippen molar-refractivity contribution in [3.05, 3.63) is 0 Å². The average Bonchev–Trinajstić information content (AvgIpc) is 2.14. The van der Waals surface area contributed by atoms with Gasteiger partial charge in [-0.2, -0.15) is 0 Å². The Balaban J connectivity index is 1.84. The summed E-state index contributed by atoms with van der Waals surface area (Å²) in [6.45, 7) is 0.0225. The number of carbonyl (C=O) groups excluding carboxylic acids is 1. The Bertz CT molecular complexity index is 231. The lowest BCUT2D eigenvalue weighted by Crippen LogP contribution is -2.62. The molecule has 0 unspecified atom stereocenters. The molecule has 0 radical (unpaired) electrons. The molecule has 2 aliphatic heterocycles. The van der Waals surface area contributed by atoms with Crippen molar-refractivity contribution < 1.29 is 13.6 Å². The van der Waals surface area contributed by atoms with Crippen molar-refractivity contribution in [2.75, 3.05) is 19.6 Å². The minimum atomic E-state index is -2.65. The van der Waals surface area contributed by atoms with Crippen LogP contribution in [0.4, 0.5) is 8.78 Å². The third kappa shape index (κ3) is 1.87. The molecule has 0 aromatic rings. The average molecular weight is 204 g/mol. The molecule has 0 spiro atoms. The molecule has 0 bridgehead atoms. The highest BCUT2D eigenvalue weighted by Gasteiger charge is 2.47. The van der Waals surface area contributed by atoms with Gasteiger partial charge >= 0.3 is 0 Å². The van der Waals surface area contributed by atoms with Crippen molar-refractivity contribution in [2.45, 2.75) is 31.2 Å². The number of nitrogens with one attached hydrogen (secondary N) is 1. The summed E-state index contributed by atoms with van der Waals surface area (Å²) in [5, 5.41) is 3.06. The highest BCUT2D eigenvalue weighted by molar-refractivity contribution is 5.83. The molecule has 80 valence electrons. The number of hydrogen-bond acceptors (Lipinski definition) is 2. The standard InChI is InChI=1S/C9H14F2N2O/c10-9(11)5-13(6-9)8(14)7-3-1-2-4-12-7/h7,12H,1-6H2/t7-/m0/s1. The zero-order chi connectivity index (χ0) is 10.2. The predicted octanol–water partition coefficient (Wildman–Crippen LogP) is 0.606. The number of likely N-dealkylation sites (tertiary alicyclic amines) is 1. The molecular weight excluding hydrogens is 190 g/mol. The quantitative estimate of drug-likeness (QED) is 0.678. The molecule has 2 aliphatic rings. The fourth-order valence-corrected chi connectivity index (χ4v) is 1.95. The van der Waals surface area contributed by atoms with Gasteiger partial charge in [-0.05, 0) is 19.4 Å². The molecule has 1 amide bonds. The molecule has 3 nitrogen and oxygen atoms in total. The largest absolute Gasteiger partial charge is 0.329 e. The van der Waals surface area contributed by atoms with E-state index < -0.39 is 19.0 Å². The van der Waals surface area contributed by atoms with Gasteiger partial charge in [-0.3, -0.25) is 4.79 Å². The van der Waals surface area contributed by atoms with Crippen molar-refractivity contribution in [3.63, 3.8) is 0 Å². The van der Waals surface area contributed by atoms with E-state index in [1.807, 2.05) is 0 Å². The van der Waals surface area contributed by atoms with Gasteiger partial charge in [0.05, 0.1) is 19.1 Å². The molecule has 2 heterocycles. The van der Waals surface area contributed by atoms with Gasteiger partial charge in [0.25, 0.3) is 5.92 Å². The Hall–Kier alpha value is -0.710. The number of piperidine rings is 1. The van der Waals surface area contributed by atoms with Crippen LogP contribution in [0, 0.1) is 0 Å². The van der Waals surface area contributed by atoms with E-state index in [1.165, 1.54) is 4.90 Å². The Morgan fingerprint density at radius 1 is 1.36 bits per heavy atom. The van der Waals surface area contributed by atoms with Gasteiger partial charge in [-0.1, -0.05) is 6.42 Å². The van der Waals surface area contributed by atoms with E-state index in [4.69, 9.17) is 0 Å². The Morgan fingerprint density at radius 2 is 2.07 bits per heavy atom. The van der Waals surface area contributed by atoms with Crippen LogP contribution in [0.2, 0.25) is 0 Å². The molecule has 2 fully saturated rings. The van der Waals surface area contributed by atoms with Crippen LogP contribution < -0.4 is 5.32 Å². The number of hydrogen-bond donors (Lipinski definition) is 1. The normalized spacial score (nSPS) is 31.0. The van der Waals surface area contributed by atoms with Gasteiger partial charge in [-0.15, -0.1) is 0 Å². The number of alkyl halides is 2. The maximum Gasteiger partial charge on any atom is 0.282 e. The summed E-state index contributed by atoms with van der Waals surface area (Å²) in [5.74, 6) is -2.81. The van der Waals surface area contributed by atoms with E-state index in [-0.39, 0.29) is 11.9 Å². The van der Waals surface area contributed by atoms with Gasteiger partial charge in [-0.25, -0.2) is 8.78 Å². The van der Waals surface area contributed by atoms with E-state index >= 15 is 0 Å². The molecule has 5 heteroatoms. The summed E-state index contributed by atoms with van der Waals surface area (Å²) in [7, 11) is 0. The first-order valence-corrected chi connectivity index (χ1v) is 4.98. The minimum Gasteiger partial charge on any atom is -0.329 e. The van der Waals surface area contributed by atoms with E-state index in [0.29, 0.717) is 0 Å². The number of halogens is 2. The Kier molecular flexibility index (Phi) is 2.43. The number of nitrogens with zero attached hydrogens (tertiary/aromatic N) is 1. The third-order valence-electron chi connectivity index (χ3n) is 2.76. The highest BCUT2D eigenvalue weighted by atomic mass is 19.3. The van der Waals surface area contributed by atoms with Gasteiger partial charge in [0.15, 0.2) is 0 Å². The fraction of sp³-hybridized carbons (Fsp3) is 0.889. The van der Waals surface area contributed by atoms with Crippen LogP contribution in [-0.2, 0) is 4.79 Å². The predicted molar refractivity (Wildman–Crippen MR) is 47.2 cm³/mol. The van der Waals surface area contributed by atoms with Gasteiger partial charge in [0.2, 0.25) is 5.91 Å². The van der Waals surface area contributed by atoms with Crippen LogP contribution in [0.15, 0.2) is 0 Å². The minimum absolute atomic E-state index is 0.157. The summed E-state index contributed by atoms with van der Waals surface area (Å²) in [5.41, 5.74) is 0. The second-order valence-corrected chi connectivity index (χ2v) is 4.05. The molecule has 0 aromatic carbocycles. The van der Waals surface area contributed by atoms with Gasteiger partial charge < -0.3 is 10.2 Å². The summed E-state index contributed by atoms with van der Waals surface area (Å²) in [6.07, 6.45) is 2.86. The number of rotatable bonds is 1. The first-order chi connectivity index (χ1) is 6.58. The second kappa shape index (κ2) is 3.46. The Morgan fingerprint density at radius 3 is 2.57 bits per heavy atom. The molecular formula is C9H14F2N2O. The van der Waals surface area contributed by atoms with Crippen LogP contribution in [0.1, 0.15) is 19.3 Å². The maximum absolute atomic E-state index is 12.5. The second-order valence-electron chi connectivity index (χ2n) is 4.05. The van der Waals surface area contributed by atoms with Crippen LogP contribution >= 0.6 is 0 Å². The van der Waals surface area contributed by atoms with Crippen molar-refractivity contribution in [1.82, 2.24) is 10.2 Å². The van der Waals surface area contributed by atoms with Crippen LogP contribution in [0.25, 0.3) is 0 Å². The summed E-state index contributed by atoms with van der Waals surface area (Å²) < 4.78 is 25.0. The third-order valence-corrected chi connectivity index (χ3v) is 2.76. The first-order valence-electron chi connectivity index (χ1n) is 4.98. The highest BCUT2D eigenvalue weighted by Crippen LogP contribution is 2.27. The zero-order valence-electron chi connectivity index (χ0n) is 7.93. The van der Waals surface area contributed by atoms with E-state index in [9.17, 15) is 13.6 Å². The Labute approximate surface area is 81.4 Å². The topological polar surface area (TPSA) is 32.3 Å².